The zero-order chi connectivity index (χ0) is 9.68. The highest BCUT2D eigenvalue weighted by Crippen LogP contribution is 2.28. The molecular weight excluding hydrogens is 158 g/mol. The number of hydrogen-bond acceptors (Lipinski definition) is 1. The van der Waals surface area contributed by atoms with Crippen LogP contribution in [0.25, 0.3) is 0 Å². The van der Waals surface area contributed by atoms with Gasteiger partial charge in [-0.05, 0) is 30.4 Å². The summed E-state index contributed by atoms with van der Waals surface area (Å²) in [5.74, 6) is 0.698. The van der Waals surface area contributed by atoms with E-state index in [9.17, 15) is 0 Å². The number of nitrogens with one attached hydrogen (secondary N) is 1. The standard InChI is InChI=1S/C12H19N/c1-4-10(5-2)11-8-6-7-9-12(11)13-3/h6-10,13H,4-5H2,1-3H3. The maximum absolute atomic E-state index is 3.24. The van der Waals surface area contributed by atoms with Crippen LogP contribution in [0.4, 0.5) is 5.69 Å². The second kappa shape index (κ2) is 4.90. The van der Waals surface area contributed by atoms with Crippen molar-refractivity contribution in [3.05, 3.63) is 29.8 Å². The monoisotopic (exact) mass is 177 g/mol. The molecule has 1 aromatic rings. The van der Waals surface area contributed by atoms with Gasteiger partial charge in [-0.15, -0.1) is 0 Å². The summed E-state index contributed by atoms with van der Waals surface area (Å²) < 4.78 is 0. The van der Waals surface area contributed by atoms with E-state index in [0.29, 0.717) is 5.92 Å². The summed E-state index contributed by atoms with van der Waals surface area (Å²) in [6, 6.07) is 8.57. The maximum atomic E-state index is 3.24. The molecule has 0 saturated heterocycles. The van der Waals surface area contributed by atoms with Crippen LogP contribution in [0.15, 0.2) is 24.3 Å². The number of hydrogen-bond donors (Lipinski definition) is 1. The fourth-order valence-corrected chi connectivity index (χ4v) is 1.81. The normalized spacial score (nSPS) is 10.5. The van der Waals surface area contributed by atoms with Gasteiger partial charge in [-0.1, -0.05) is 32.0 Å². The van der Waals surface area contributed by atoms with E-state index in [-0.39, 0.29) is 0 Å². The van der Waals surface area contributed by atoms with Gasteiger partial charge >= 0.3 is 0 Å². The lowest BCUT2D eigenvalue weighted by atomic mass is 9.92. The molecule has 0 atom stereocenters. The van der Waals surface area contributed by atoms with E-state index in [4.69, 9.17) is 0 Å². The van der Waals surface area contributed by atoms with Gasteiger partial charge in [-0.25, -0.2) is 0 Å². The van der Waals surface area contributed by atoms with Gasteiger partial charge in [0.2, 0.25) is 0 Å². The molecule has 1 nitrogen and oxygen atoms in total. The number of para-hydroxylation sites is 1. The summed E-state index contributed by atoms with van der Waals surface area (Å²) in [6.07, 6.45) is 2.43. The predicted molar refractivity (Wildman–Crippen MR) is 59.3 cm³/mol. The highest BCUT2D eigenvalue weighted by Gasteiger charge is 2.09. The molecule has 0 aromatic heterocycles. The third-order valence-corrected chi connectivity index (χ3v) is 2.66. The van der Waals surface area contributed by atoms with Gasteiger partial charge in [0, 0.05) is 12.7 Å². The number of anilines is 1. The molecule has 0 fully saturated rings. The Balaban J connectivity index is 2.96. The molecule has 0 saturated carbocycles. The third-order valence-electron chi connectivity index (χ3n) is 2.66. The van der Waals surface area contributed by atoms with E-state index in [1.165, 1.54) is 24.1 Å². The molecule has 0 heterocycles. The topological polar surface area (TPSA) is 12.0 Å². The van der Waals surface area contributed by atoms with Gasteiger partial charge in [0.05, 0.1) is 0 Å². The average molecular weight is 177 g/mol. The zero-order valence-electron chi connectivity index (χ0n) is 8.80. The molecule has 0 aliphatic heterocycles. The van der Waals surface area contributed by atoms with Crippen molar-refractivity contribution in [1.82, 2.24) is 0 Å². The van der Waals surface area contributed by atoms with Gasteiger partial charge in [0.25, 0.3) is 0 Å². The predicted octanol–water partition coefficient (Wildman–Crippen LogP) is 3.63. The molecule has 0 amide bonds. The van der Waals surface area contributed by atoms with Crippen molar-refractivity contribution < 1.29 is 0 Å². The quantitative estimate of drug-likeness (QED) is 0.740. The highest BCUT2D eigenvalue weighted by atomic mass is 14.8. The molecule has 1 N–H and O–H groups in total. The second-order valence-electron chi connectivity index (χ2n) is 3.35. The Morgan fingerprint density at radius 3 is 2.31 bits per heavy atom. The molecular formula is C12H19N. The van der Waals surface area contributed by atoms with Gasteiger partial charge in [0.1, 0.15) is 0 Å². The number of rotatable bonds is 4. The Bertz CT molecular complexity index is 251. The molecule has 1 rings (SSSR count). The summed E-state index contributed by atoms with van der Waals surface area (Å²) in [6.45, 7) is 4.50. The molecule has 1 aromatic carbocycles. The molecule has 0 aliphatic rings. The molecule has 0 spiro atoms. The summed E-state index contributed by atoms with van der Waals surface area (Å²) >= 11 is 0. The van der Waals surface area contributed by atoms with Crippen LogP contribution in [0, 0.1) is 0 Å². The minimum absolute atomic E-state index is 0.698. The van der Waals surface area contributed by atoms with Crippen molar-refractivity contribution >= 4 is 5.69 Å². The molecule has 0 bridgehead atoms. The van der Waals surface area contributed by atoms with Crippen LogP contribution in [0.3, 0.4) is 0 Å². The Morgan fingerprint density at radius 2 is 1.77 bits per heavy atom. The minimum atomic E-state index is 0.698. The molecule has 0 unspecified atom stereocenters. The van der Waals surface area contributed by atoms with E-state index in [1.807, 2.05) is 7.05 Å². The second-order valence-corrected chi connectivity index (χ2v) is 3.35. The first kappa shape index (κ1) is 10.1. The van der Waals surface area contributed by atoms with E-state index in [2.05, 4.69) is 43.4 Å². The molecule has 1 heteroatoms. The summed E-state index contributed by atoms with van der Waals surface area (Å²) in [4.78, 5) is 0. The third kappa shape index (κ3) is 2.24. The smallest absolute Gasteiger partial charge is 0.0372 e. The van der Waals surface area contributed by atoms with Crippen molar-refractivity contribution in [2.24, 2.45) is 0 Å². The molecule has 72 valence electrons. The van der Waals surface area contributed by atoms with Crippen molar-refractivity contribution in [3.8, 4) is 0 Å². The zero-order valence-corrected chi connectivity index (χ0v) is 8.80. The van der Waals surface area contributed by atoms with Crippen molar-refractivity contribution in [3.63, 3.8) is 0 Å². The lowest BCUT2D eigenvalue weighted by Crippen LogP contribution is -2.00. The van der Waals surface area contributed by atoms with Gasteiger partial charge < -0.3 is 5.32 Å². The minimum Gasteiger partial charge on any atom is -0.388 e. The van der Waals surface area contributed by atoms with Crippen LogP contribution < -0.4 is 5.32 Å². The largest absolute Gasteiger partial charge is 0.388 e. The van der Waals surface area contributed by atoms with Crippen LogP contribution in [0.1, 0.15) is 38.2 Å². The van der Waals surface area contributed by atoms with E-state index in [0.717, 1.165) is 0 Å². The average Bonchev–Trinajstić information content (AvgIpc) is 2.20. The lowest BCUT2D eigenvalue weighted by Gasteiger charge is -2.16. The Morgan fingerprint density at radius 1 is 1.15 bits per heavy atom. The summed E-state index contributed by atoms with van der Waals surface area (Å²) in [7, 11) is 1.99. The van der Waals surface area contributed by atoms with Crippen molar-refractivity contribution in [2.45, 2.75) is 32.6 Å². The van der Waals surface area contributed by atoms with E-state index >= 15 is 0 Å². The Labute approximate surface area is 81.2 Å². The van der Waals surface area contributed by atoms with E-state index < -0.39 is 0 Å². The fourth-order valence-electron chi connectivity index (χ4n) is 1.81. The first-order chi connectivity index (χ1) is 6.33. The van der Waals surface area contributed by atoms with Gasteiger partial charge in [0.15, 0.2) is 0 Å². The first-order valence-corrected chi connectivity index (χ1v) is 5.10. The van der Waals surface area contributed by atoms with Crippen LogP contribution >= 0.6 is 0 Å². The Hall–Kier alpha value is -0.980. The van der Waals surface area contributed by atoms with Crippen LogP contribution in [0.5, 0.6) is 0 Å². The molecule has 0 aliphatic carbocycles. The van der Waals surface area contributed by atoms with Crippen LogP contribution in [0.2, 0.25) is 0 Å². The van der Waals surface area contributed by atoms with Gasteiger partial charge in [-0.2, -0.15) is 0 Å². The van der Waals surface area contributed by atoms with Crippen LogP contribution in [-0.4, -0.2) is 7.05 Å². The van der Waals surface area contributed by atoms with Gasteiger partial charge in [-0.3, -0.25) is 0 Å². The van der Waals surface area contributed by atoms with Crippen LogP contribution in [-0.2, 0) is 0 Å². The van der Waals surface area contributed by atoms with Crippen molar-refractivity contribution in [2.75, 3.05) is 12.4 Å². The maximum Gasteiger partial charge on any atom is 0.0372 e. The van der Waals surface area contributed by atoms with Crippen molar-refractivity contribution in [1.29, 1.82) is 0 Å². The molecule has 13 heavy (non-hydrogen) atoms. The Kier molecular flexibility index (Phi) is 3.81. The van der Waals surface area contributed by atoms with E-state index in [1.54, 1.807) is 0 Å². The SMILES string of the molecule is CCC(CC)c1ccccc1NC. The summed E-state index contributed by atoms with van der Waals surface area (Å²) in [5.41, 5.74) is 2.73. The number of benzene rings is 1. The highest BCUT2D eigenvalue weighted by molar-refractivity contribution is 5.52. The summed E-state index contributed by atoms with van der Waals surface area (Å²) in [5, 5.41) is 3.24. The fraction of sp³-hybridized carbons (Fsp3) is 0.500. The molecule has 0 radical (unpaired) electrons. The first-order valence-electron chi connectivity index (χ1n) is 5.10. The lowest BCUT2D eigenvalue weighted by molar-refractivity contribution is 0.643.